The standard InChI is InChI=1S/C19H32N4OS/c1-5-17-15-23(11-13-25-17)19(20-2)21-14-16-8-6-7-9-18(16)24-12-10-22(3)4/h6-9,17H,5,10-15H2,1-4H3,(H,20,21). The number of benzene rings is 1. The van der Waals surface area contributed by atoms with E-state index in [-0.39, 0.29) is 0 Å². The maximum atomic E-state index is 5.96. The molecule has 1 fully saturated rings. The van der Waals surface area contributed by atoms with Crippen LogP contribution in [0.2, 0.25) is 0 Å². The lowest BCUT2D eigenvalue weighted by atomic mass is 10.2. The second kappa shape index (κ2) is 10.6. The number of guanidine groups is 1. The zero-order chi connectivity index (χ0) is 18.1. The van der Waals surface area contributed by atoms with Crippen molar-refractivity contribution in [2.24, 2.45) is 4.99 Å². The summed E-state index contributed by atoms with van der Waals surface area (Å²) >= 11 is 2.07. The molecule has 2 rings (SSSR count). The number of likely N-dealkylation sites (N-methyl/N-ethyl adjacent to an activating group) is 1. The van der Waals surface area contributed by atoms with Crippen LogP contribution >= 0.6 is 11.8 Å². The molecule has 0 radical (unpaired) electrons. The molecule has 1 heterocycles. The van der Waals surface area contributed by atoms with Crippen LogP contribution in [0.4, 0.5) is 0 Å². The van der Waals surface area contributed by atoms with Gasteiger partial charge >= 0.3 is 0 Å². The first kappa shape index (κ1) is 19.9. The second-order valence-corrected chi connectivity index (χ2v) is 7.92. The van der Waals surface area contributed by atoms with Gasteiger partial charge in [0.1, 0.15) is 12.4 Å². The Bertz CT molecular complexity index is 550. The minimum absolute atomic E-state index is 0.695. The maximum absolute atomic E-state index is 5.96. The molecule has 0 bridgehead atoms. The van der Waals surface area contributed by atoms with Crippen molar-refractivity contribution >= 4 is 17.7 Å². The van der Waals surface area contributed by atoms with Gasteiger partial charge in [-0.3, -0.25) is 4.99 Å². The summed E-state index contributed by atoms with van der Waals surface area (Å²) in [4.78, 5) is 8.99. The van der Waals surface area contributed by atoms with Gasteiger partial charge in [-0.1, -0.05) is 25.1 Å². The van der Waals surface area contributed by atoms with Crippen molar-refractivity contribution < 1.29 is 4.74 Å². The van der Waals surface area contributed by atoms with Gasteiger partial charge in [0, 0.05) is 49.8 Å². The van der Waals surface area contributed by atoms with Gasteiger partial charge in [-0.25, -0.2) is 0 Å². The normalized spacial score (nSPS) is 18.5. The quantitative estimate of drug-likeness (QED) is 0.595. The molecule has 25 heavy (non-hydrogen) atoms. The van der Waals surface area contributed by atoms with E-state index in [4.69, 9.17) is 4.74 Å². The molecule has 1 aliphatic rings. The highest BCUT2D eigenvalue weighted by Crippen LogP contribution is 2.21. The lowest BCUT2D eigenvalue weighted by molar-refractivity contribution is 0.259. The summed E-state index contributed by atoms with van der Waals surface area (Å²) in [5.41, 5.74) is 1.17. The summed E-state index contributed by atoms with van der Waals surface area (Å²) in [7, 11) is 5.98. The summed E-state index contributed by atoms with van der Waals surface area (Å²) < 4.78 is 5.96. The van der Waals surface area contributed by atoms with Gasteiger partial charge < -0.3 is 19.9 Å². The SMILES string of the molecule is CCC1CN(C(=NC)NCc2ccccc2OCCN(C)C)CCS1. The molecule has 1 aromatic carbocycles. The van der Waals surface area contributed by atoms with Crippen molar-refractivity contribution in [2.75, 3.05) is 53.1 Å². The van der Waals surface area contributed by atoms with Crippen LogP contribution in [0.15, 0.2) is 29.3 Å². The number of nitrogens with one attached hydrogen (secondary N) is 1. The number of rotatable bonds is 7. The van der Waals surface area contributed by atoms with Crippen molar-refractivity contribution in [2.45, 2.75) is 25.1 Å². The van der Waals surface area contributed by atoms with Crippen LogP contribution in [-0.4, -0.2) is 74.1 Å². The van der Waals surface area contributed by atoms with Crippen LogP contribution in [0, 0.1) is 0 Å². The molecule has 140 valence electrons. The van der Waals surface area contributed by atoms with Crippen LogP contribution < -0.4 is 10.1 Å². The predicted octanol–water partition coefficient (Wildman–Crippen LogP) is 2.53. The molecule has 1 saturated heterocycles. The number of thioether (sulfide) groups is 1. The molecule has 0 saturated carbocycles. The van der Waals surface area contributed by atoms with Crippen LogP contribution in [0.3, 0.4) is 0 Å². The molecule has 1 aliphatic heterocycles. The van der Waals surface area contributed by atoms with E-state index in [1.165, 1.54) is 17.7 Å². The molecule has 6 heteroatoms. The smallest absolute Gasteiger partial charge is 0.193 e. The molecule has 1 aromatic rings. The summed E-state index contributed by atoms with van der Waals surface area (Å²) in [5, 5.41) is 4.22. The zero-order valence-corrected chi connectivity index (χ0v) is 16.8. The third kappa shape index (κ3) is 6.44. The van der Waals surface area contributed by atoms with E-state index in [1.54, 1.807) is 0 Å². The van der Waals surface area contributed by atoms with E-state index in [9.17, 15) is 0 Å². The second-order valence-electron chi connectivity index (χ2n) is 6.51. The highest BCUT2D eigenvalue weighted by Gasteiger charge is 2.21. The molecule has 1 unspecified atom stereocenters. The molecule has 0 aliphatic carbocycles. The third-order valence-electron chi connectivity index (χ3n) is 4.31. The molecule has 0 aromatic heterocycles. The largest absolute Gasteiger partial charge is 0.492 e. The van der Waals surface area contributed by atoms with Gasteiger partial charge in [-0.15, -0.1) is 0 Å². The summed E-state index contributed by atoms with van der Waals surface area (Å²) in [6.07, 6.45) is 1.21. The Kier molecular flexibility index (Phi) is 8.41. The van der Waals surface area contributed by atoms with Gasteiger partial charge in [0.2, 0.25) is 0 Å². The van der Waals surface area contributed by atoms with Gasteiger partial charge in [0.25, 0.3) is 0 Å². The fraction of sp³-hybridized carbons (Fsp3) is 0.632. The Labute approximate surface area is 156 Å². The molecule has 0 spiro atoms. The highest BCUT2D eigenvalue weighted by atomic mass is 32.2. The van der Waals surface area contributed by atoms with E-state index < -0.39 is 0 Å². The monoisotopic (exact) mass is 364 g/mol. The average Bonchev–Trinajstić information content (AvgIpc) is 2.63. The number of hydrogen-bond donors (Lipinski definition) is 1. The van der Waals surface area contributed by atoms with Crippen molar-refractivity contribution in [3.05, 3.63) is 29.8 Å². The molecular formula is C19H32N4OS. The molecule has 0 amide bonds. The molecular weight excluding hydrogens is 332 g/mol. The lowest BCUT2D eigenvalue weighted by Crippen LogP contribution is -2.47. The average molecular weight is 365 g/mol. The van der Waals surface area contributed by atoms with Crippen LogP contribution in [0.25, 0.3) is 0 Å². The number of nitrogens with zero attached hydrogens (tertiary/aromatic N) is 3. The maximum Gasteiger partial charge on any atom is 0.193 e. The first-order chi connectivity index (χ1) is 12.1. The van der Waals surface area contributed by atoms with Crippen molar-refractivity contribution in [1.29, 1.82) is 0 Å². The van der Waals surface area contributed by atoms with E-state index in [2.05, 4.69) is 65.0 Å². The summed E-state index contributed by atoms with van der Waals surface area (Å²) in [6.45, 7) is 6.72. The Hall–Kier alpha value is -1.40. The van der Waals surface area contributed by atoms with E-state index in [1.807, 2.05) is 19.2 Å². The third-order valence-corrected chi connectivity index (χ3v) is 5.68. The predicted molar refractivity (Wildman–Crippen MR) is 109 cm³/mol. The Morgan fingerprint density at radius 2 is 2.20 bits per heavy atom. The first-order valence-electron chi connectivity index (χ1n) is 9.06. The highest BCUT2D eigenvalue weighted by molar-refractivity contribution is 8.00. The number of para-hydroxylation sites is 1. The topological polar surface area (TPSA) is 40.1 Å². The summed E-state index contributed by atoms with van der Waals surface area (Å²) in [6, 6.07) is 8.24. The summed E-state index contributed by atoms with van der Waals surface area (Å²) in [5.74, 6) is 3.11. The minimum Gasteiger partial charge on any atom is -0.492 e. The molecule has 1 N–H and O–H groups in total. The van der Waals surface area contributed by atoms with Gasteiger partial charge in [0.05, 0.1) is 0 Å². The molecule has 1 atom stereocenters. The Morgan fingerprint density at radius 1 is 1.40 bits per heavy atom. The number of hydrogen-bond acceptors (Lipinski definition) is 4. The molecule has 5 nitrogen and oxygen atoms in total. The van der Waals surface area contributed by atoms with Crippen molar-refractivity contribution in [3.63, 3.8) is 0 Å². The van der Waals surface area contributed by atoms with Gasteiger partial charge in [-0.2, -0.15) is 11.8 Å². The Balaban J connectivity index is 1.92. The van der Waals surface area contributed by atoms with E-state index in [0.29, 0.717) is 11.9 Å². The fourth-order valence-corrected chi connectivity index (χ4v) is 3.97. The fourth-order valence-electron chi connectivity index (χ4n) is 2.79. The van der Waals surface area contributed by atoms with Crippen molar-refractivity contribution in [3.8, 4) is 5.75 Å². The first-order valence-corrected chi connectivity index (χ1v) is 10.1. The van der Waals surface area contributed by atoms with Gasteiger partial charge in [0.15, 0.2) is 5.96 Å². The van der Waals surface area contributed by atoms with E-state index >= 15 is 0 Å². The van der Waals surface area contributed by atoms with Crippen LogP contribution in [0.1, 0.15) is 18.9 Å². The van der Waals surface area contributed by atoms with Crippen molar-refractivity contribution in [1.82, 2.24) is 15.1 Å². The zero-order valence-electron chi connectivity index (χ0n) is 16.0. The van der Waals surface area contributed by atoms with Crippen LogP contribution in [-0.2, 0) is 6.54 Å². The number of ether oxygens (including phenoxy) is 1. The number of aliphatic imine (C=N–C) groups is 1. The lowest BCUT2D eigenvalue weighted by Gasteiger charge is -2.34. The Morgan fingerprint density at radius 3 is 2.92 bits per heavy atom. The minimum atomic E-state index is 0.695. The van der Waals surface area contributed by atoms with Gasteiger partial charge in [-0.05, 0) is 26.6 Å². The van der Waals surface area contributed by atoms with Crippen LogP contribution in [0.5, 0.6) is 5.75 Å². The van der Waals surface area contributed by atoms with E-state index in [0.717, 1.165) is 37.9 Å².